The second-order valence-corrected chi connectivity index (χ2v) is 4.38. The van der Waals surface area contributed by atoms with Crippen LogP contribution in [0.4, 0.5) is 0 Å². The zero-order valence-corrected chi connectivity index (χ0v) is 10.4. The number of aromatic nitrogens is 1. The fraction of sp³-hybridized carbons (Fsp3) is 0.0769. The van der Waals surface area contributed by atoms with Crippen molar-refractivity contribution in [1.82, 2.24) is 4.98 Å². The third-order valence-corrected chi connectivity index (χ3v) is 3.25. The lowest BCUT2D eigenvalue weighted by atomic mass is 10.0. The zero-order valence-electron chi connectivity index (χ0n) is 8.77. The van der Waals surface area contributed by atoms with Crippen LogP contribution in [0.3, 0.4) is 0 Å². The minimum Gasteiger partial charge on any atom is -0.289 e. The molecule has 2 aromatic rings. The molecule has 0 aliphatic rings. The lowest BCUT2D eigenvalue weighted by molar-refractivity contribution is 0.103. The number of pyridine rings is 1. The van der Waals surface area contributed by atoms with Gasteiger partial charge in [0.25, 0.3) is 0 Å². The molecule has 1 aromatic heterocycles. The summed E-state index contributed by atoms with van der Waals surface area (Å²) in [5.41, 5.74) is 2.42. The van der Waals surface area contributed by atoms with Gasteiger partial charge in [-0.1, -0.05) is 15.9 Å². The maximum Gasteiger partial charge on any atom is 0.193 e. The van der Waals surface area contributed by atoms with E-state index >= 15 is 0 Å². The van der Waals surface area contributed by atoms with Gasteiger partial charge in [-0.15, -0.1) is 0 Å². The van der Waals surface area contributed by atoms with Crippen LogP contribution in [0, 0.1) is 6.92 Å². The minimum atomic E-state index is 0.0259. The van der Waals surface area contributed by atoms with E-state index in [4.69, 9.17) is 0 Å². The monoisotopic (exact) mass is 275 g/mol. The van der Waals surface area contributed by atoms with Gasteiger partial charge in [0.1, 0.15) is 0 Å². The van der Waals surface area contributed by atoms with Crippen molar-refractivity contribution >= 4 is 21.7 Å². The lowest BCUT2D eigenvalue weighted by Gasteiger charge is -2.03. The first-order chi connectivity index (χ1) is 7.68. The van der Waals surface area contributed by atoms with Crippen molar-refractivity contribution in [3.63, 3.8) is 0 Å². The van der Waals surface area contributed by atoms with Gasteiger partial charge in [-0.2, -0.15) is 0 Å². The Morgan fingerprint density at radius 3 is 2.44 bits per heavy atom. The third kappa shape index (κ3) is 2.19. The maximum absolute atomic E-state index is 12.1. The number of halogens is 1. The van der Waals surface area contributed by atoms with Crippen LogP contribution in [-0.4, -0.2) is 10.8 Å². The van der Waals surface area contributed by atoms with Crippen LogP contribution in [-0.2, 0) is 0 Å². The highest BCUT2D eigenvalue weighted by atomic mass is 79.9. The Hall–Kier alpha value is -1.48. The molecular weight excluding hydrogens is 266 g/mol. The zero-order chi connectivity index (χ0) is 11.5. The molecule has 80 valence electrons. The quantitative estimate of drug-likeness (QED) is 0.787. The minimum absolute atomic E-state index is 0.0259. The van der Waals surface area contributed by atoms with E-state index in [0.29, 0.717) is 11.1 Å². The second-order valence-electron chi connectivity index (χ2n) is 3.53. The number of carbonyl (C=O) groups is 1. The van der Waals surface area contributed by atoms with Crippen molar-refractivity contribution < 1.29 is 4.79 Å². The van der Waals surface area contributed by atoms with Crippen molar-refractivity contribution in [2.24, 2.45) is 0 Å². The standard InChI is InChI=1S/C13H10BrNO/c1-9-8-11(2-3-12(9)14)13(16)10-4-6-15-7-5-10/h2-8H,1H3. The summed E-state index contributed by atoms with van der Waals surface area (Å²) in [6, 6.07) is 9.04. The van der Waals surface area contributed by atoms with Crippen molar-refractivity contribution in [1.29, 1.82) is 0 Å². The highest BCUT2D eigenvalue weighted by Crippen LogP contribution is 2.18. The maximum atomic E-state index is 12.1. The number of ketones is 1. The van der Waals surface area contributed by atoms with E-state index in [0.717, 1.165) is 10.0 Å². The van der Waals surface area contributed by atoms with Crippen LogP contribution in [0.15, 0.2) is 47.2 Å². The molecule has 0 spiro atoms. The van der Waals surface area contributed by atoms with E-state index in [2.05, 4.69) is 20.9 Å². The van der Waals surface area contributed by atoms with E-state index in [1.165, 1.54) is 0 Å². The van der Waals surface area contributed by atoms with Gasteiger partial charge in [0.05, 0.1) is 0 Å². The predicted octanol–water partition coefficient (Wildman–Crippen LogP) is 3.38. The Kier molecular flexibility index (Phi) is 3.15. The lowest BCUT2D eigenvalue weighted by Crippen LogP contribution is -2.01. The van der Waals surface area contributed by atoms with Crippen LogP contribution in [0.1, 0.15) is 21.5 Å². The van der Waals surface area contributed by atoms with Crippen molar-refractivity contribution in [3.05, 3.63) is 63.9 Å². The summed E-state index contributed by atoms with van der Waals surface area (Å²) in [6.45, 7) is 1.97. The van der Waals surface area contributed by atoms with E-state index in [1.54, 1.807) is 24.5 Å². The van der Waals surface area contributed by atoms with Gasteiger partial charge < -0.3 is 0 Å². The molecule has 1 aromatic carbocycles. The van der Waals surface area contributed by atoms with Crippen LogP contribution in [0.5, 0.6) is 0 Å². The molecule has 16 heavy (non-hydrogen) atoms. The Morgan fingerprint density at radius 1 is 1.12 bits per heavy atom. The summed E-state index contributed by atoms with van der Waals surface area (Å²) in [5.74, 6) is 0.0259. The number of hydrogen-bond acceptors (Lipinski definition) is 2. The first kappa shape index (κ1) is 11.0. The number of nitrogens with zero attached hydrogens (tertiary/aromatic N) is 1. The molecule has 0 unspecified atom stereocenters. The molecule has 0 atom stereocenters. The predicted molar refractivity (Wildman–Crippen MR) is 66.5 cm³/mol. The average Bonchev–Trinajstić information content (AvgIpc) is 2.33. The highest BCUT2D eigenvalue weighted by Gasteiger charge is 2.09. The number of rotatable bonds is 2. The highest BCUT2D eigenvalue weighted by molar-refractivity contribution is 9.10. The van der Waals surface area contributed by atoms with E-state index in [9.17, 15) is 4.79 Å². The van der Waals surface area contributed by atoms with E-state index in [-0.39, 0.29) is 5.78 Å². The summed E-state index contributed by atoms with van der Waals surface area (Å²) in [4.78, 5) is 16.0. The Labute approximate surface area is 102 Å². The van der Waals surface area contributed by atoms with Gasteiger partial charge in [0.15, 0.2) is 5.78 Å². The Balaban J connectivity index is 2.39. The molecule has 0 bridgehead atoms. The first-order valence-corrected chi connectivity index (χ1v) is 5.68. The largest absolute Gasteiger partial charge is 0.289 e. The molecule has 0 saturated heterocycles. The Morgan fingerprint density at radius 2 is 1.81 bits per heavy atom. The van der Waals surface area contributed by atoms with Crippen LogP contribution in [0.25, 0.3) is 0 Å². The topological polar surface area (TPSA) is 30.0 Å². The van der Waals surface area contributed by atoms with E-state index in [1.807, 2.05) is 25.1 Å². The number of carbonyl (C=O) groups excluding carboxylic acids is 1. The molecule has 0 radical (unpaired) electrons. The molecule has 0 fully saturated rings. The summed E-state index contributed by atoms with van der Waals surface area (Å²) in [7, 11) is 0. The van der Waals surface area contributed by atoms with Gasteiger partial charge in [-0.25, -0.2) is 0 Å². The number of benzene rings is 1. The third-order valence-electron chi connectivity index (χ3n) is 2.36. The van der Waals surface area contributed by atoms with Crippen molar-refractivity contribution in [2.75, 3.05) is 0 Å². The fourth-order valence-electron chi connectivity index (χ4n) is 1.46. The summed E-state index contributed by atoms with van der Waals surface area (Å²) in [5, 5.41) is 0. The van der Waals surface area contributed by atoms with Crippen LogP contribution in [0.2, 0.25) is 0 Å². The van der Waals surface area contributed by atoms with Gasteiger partial charge >= 0.3 is 0 Å². The Bertz CT molecular complexity index is 523. The summed E-state index contributed by atoms with van der Waals surface area (Å²) < 4.78 is 1.01. The first-order valence-electron chi connectivity index (χ1n) is 4.89. The summed E-state index contributed by atoms with van der Waals surface area (Å²) in [6.07, 6.45) is 3.25. The van der Waals surface area contributed by atoms with Crippen LogP contribution < -0.4 is 0 Å². The molecule has 1 heterocycles. The average molecular weight is 276 g/mol. The molecule has 0 saturated carbocycles. The molecule has 2 nitrogen and oxygen atoms in total. The smallest absolute Gasteiger partial charge is 0.193 e. The summed E-state index contributed by atoms with van der Waals surface area (Å²) >= 11 is 3.41. The molecule has 0 aliphatic carbocycles. The molecule has 2 rings (SSSR count). The van der Waals surface area contributed by atoms with Crippen molar-refractivity contribution in [2.45, 2.75) is 6.92 Å². The normalized spacial score (nSPS) is 10.1. The molecule has 0 aliphatic heterocycles. The molecule has 3 heteroatoms. The number of hydrogen-bond donors (Lipinski definition) is 0. The SMILES string of the molecule is Cc1cc(C(=O)c2ccncc2)ccc1Br. The fourth-order valence-corrected chi connectivity index (χ4v) is 1.70. The second kappa shape index (κ2) is 4.58. The number of aryl methyl sites for hydroxylation is 1. The molecule has 0 amide bonds. The van der Waals surface area contributed by atoms with Gasteiger partial charge in [-0.05, 0) is 42.8 Å². The van der Waals surface area contributed by atoms with E-state index < -0.39 is 0 Å². The van der Waals surface area contributed by atoms with Crippen LogP contribution >= 0.6 is 15.9 Å². The van der Waals surface area contributed by atoms with Crippen molar-refractivity contribution in [3.8, 4) is 0 Å². The van der Waals surface area contributed by atoms with Gasteiger partial charge in [0.2, 0.25) is 0 Å². The molecular formula is C13H10BrNO. The van der Waals surface area contributed by atoms with Gasteiger partial charge in [-0.3, -0.25) is 9.78 Å². The molecule has 0 N–H and O–H groups in total. The van der Waals surface area contributed by atoms with Gasteiger partial charge in [0, 0.05) is 28.0 Å².